The van der Waals surface area contributed by atoms with E-state index in [1.807, 2.05) is 6.07 Å². The maximum absolute atomic E-state index is 12.8. The number of ketones is 1. The highest BCUT2D eigenvalue weighted by Gasteiger charge is 2.66. The number of aromatic nitrogens is 1. The number of carbonyl (C=O) groups excluding carboxylic acids is 1. The third kappa shape index (κ3) is 2.38. The van der Waals surface area contributed by atoms with Crippen LogP contribution in [0.25, 0.3) is 0 Å². The number of Topliss-reactive ketones (excluding diaryl/α,β-unsaturated/α-hetero) is 1. The molecule has 1 aromatic rings. The lowest BCUT2D eigenvalue weighted by molar-refractivity contribution is -0.184. The quantitative estimate of drug-likeness (QED) is 0.713. The molecular weight excluding hydrogens is 314 g/mol. The summed E-state index contributed by atoms with van der Waals surface area (Å²) in [6, 6.07) is 5.37. The largest absolute Gasteiger partial charge is 0.480 e. The molecule has 3 rings (SSSR count). The van der Waals surface area contributed by atoms with E-state index in [-0.39, 0.29) is 26.2 Å². The molecule has 2 atom stereocenters. The highest BCUT2D eigenvalue weighted by atomic mass is 16.4. The van der Waals surface area contributed by atoms with Crippen molar-refractivity contribution in [2.75, 3.05) is 33.2 Å². The number of carboxylic acid groups (broad SMARTS) is 2. The minimum atomic E-state index is -1.72. The zero-order chi connectivity index (χ0) is 17.5. The number of hydrogen-bond donors (Lipinski definition) is 2. The molecule has 0 radical (unpaired) electrons. The fraction of sp³-hybridized carbons (Fsp3) is 0.500. The Balaban J connectivity index is 2.01. The molecule has 2 unspecified atom stereocenters. The fourth-order valence-electron chi connectivity index (χ4n) is 3.94. The van der Waals surface area contributed by atoms with Gasteiger partial charge in [-0.25, -0.2) is 0 Å². The molecule has 0 amide bonds. The van der Waals surface area contributed by atoms with Crippen LogP contribution < -0.4 is 0 Å². The van der Waals surface area contributed by atoms with Crippen LogP contribution in [0, 0.1) is 10.8 Å². The van der Waals surface area contributed by atoms with Gasteiger partial charge in [-0.15, -0.1) is 0 Å². The molecule has 2 fully saturated rings. The highest BCUT2D eigenvalue weighted by molar-refractivity contribution is 6.16. The topological polar surface area (TPSA) is 111 Å². The van der Waals surface area contributed by atoms with E-state index in [0.29, 0.717) is 12.2 Å². The van der Waals surface area contributed by atoms with Crippen LogP contribution >= 0.6 is 0 Å². The number of nitrogens with zero attached hydrogens (tertiary/aromatic N) is 3. The number of hydrogen-bond acceptors (Lipinski definition) is 6. The van der Waals surface area contributed by atoms with E-state index in [9.17, 15) is 24.6 Å². The van der Waals surface area contributed by atoms with Crippen molar-refractivity contribution >= 4 is 17.7 Å². The maximum Gasteiger partial charge on any atom is 0.319 e. The summed E-state index contributed by atoms with van der Waals surface area (Å²) in [5.41, 5.74) is -2.74. The van der Waals surface area contributed by atoms with Gasteiger partial charge in [0.05, 0.1) is 5.69 Å². The summed E-state index contributed by atoms with van der Waals surface area (Å²) in [4.78, 5) is 44.2. The molecule has 0 spiro atoms. The highest BCUT2D eigenvalue weighted by Crippen LogP contribution is 2.43. The van der Waals surface area contributed by atoms with E-state index in [2.05, 4.69) is 4.98 Å². The Hall–Kier alpha value is -2.32. The smallest absolute Gasteiger partial charge is 0.319 e. The normalized spacial score (nSPS) is 31.0. The van der Waals surface area contributed by atoms with Gasteiger partial charge in [-0.05, 0) is 19.2 Å². The molecule has 3 heterocycles. The predicted molar refractivity (Wildman–Crippen MR) is 82.2 cm³/mol. The second kappa shape index (κ2) is 5.64. The zero-order valence-electron chi connectivity index (χ0n) is 13.3. The van der Waals surface area contributed by atoms with Crippen molar-refractivity contribution in [3.63, 3.8) is 0 Å². The van der Waals surface area contributed by atoms with E-state index in [4.69, 9.17) is 0 Å². The molecule has 2 saturated heterocycles. The first-order chi connectivity index (χ1) is 11.3. The SMILES string of the molecule is CN1CC2(C(=O)O)CN(Cc3ccccn3)CC(C(=O)O)(C1)C2=O. The van der Waals surface area contributed by atoms with Crippen molar-refractivity contribution in [3.05, 3.63) is 30.1 Å². The molecule has 2 bridgehead atoms. The Labute approximate surface area is 138 Å². The number of carbonyl (C=O) groups is 3. The Morgan fingerprint density at radius 2 is 1.71 bits per heavy atom. The summed E-state index contributed by atoms with van der Waals surface area (Å²) < 4.78 is 0. The standard InChI is InChI=1S/C16H19N3O5/c1-18-7-15(13(21)22)9-19(6-11-4-2-3-5-17-11)10-16(8-18,12(15)20)14(23)24/h2-5H,6-10H2,1H3,(H,21,22)(H,23,24). The molecule has 8 nitrogen and oxygen atoms in total. The molecule has 2 aliphatic heterocycles. The Bertz CT molecular complexity index is 658. The monoisotopic (exact) mass is 333 g/mol. The number of rotatable bonds is 4. The summed E-state index contributed by atoms with van der Waals surface area (Å²) in [6.07, 6.45) is 1.62. The van der Waals surface area contributed by atoms with Crippen LogP contribution in [-0.4, -0.2) is 75.9 Å². The summed E-state index contributed by atoms with van der Waals surface area (Å²) in [6.45, 7) is 0.292. The van der Waals surface area contributed by atoms with Crippen molar-refractivity contribution in [1.29, 1.82) is 0 Å². The van der Waals surface area contributed by atoms with Gasteiger partial charge in [0.25, 0.3) is 0 Å². The van der Waals surface area contributed by atoms with Gasteiger partial charge in [-0.2, -0.15) is 0 Å². The van der Waals surface area contributed by atoms with Gasteiger partial charge in [0.15, 0.2) is 16.6 Å². The average molecular weight is 333 g/mol. The number of likely N-dealkylation sites (tertiary alicyclic amines) is 2. The van der Waals surface area contributed by atoms with Crippen molar-refractivity contribution in [1.82, 2.24) is 14.8 Å². The van der Waals surface area contributed by atoms with E-state index >= 15 is 0 Å². The second-order valence-electron chi connectivity index (χ2n) is 6.74. The summed E-state index contributed by atoms with van der Waals surface area (Å²) >= 11 is 0. The Morgan fingerprint density at radius 3 is 2.17 bits per heavy atom. The first-order valence-electron chi connectivity index (χ1n) is 7.63. The summed E-state index contributed by atoms with van der Waals surface area (Å²) in [7, 11) is 1.65. The molecule has 24 heavy (non-hydrogen) atoms. The van der Waals surface area contributed by atoms with E-state index < -0.39 is 28.6 Å². The lowest BCUT2D eigenvalue weighted by Crippen LogP contribution is -2.73. The van der Waals surface area contributed by atoms with Gasteiger partial charge in [0.1, 0.15) is 0 Å². The number of fused-ring (bicyclic) bond motifs is 2. The Morgan fingerprint density at radius 1 is 1.12 bits per heavy atom. The van der Waals surface area contributed by atoms with Gasteiger partial charge in [0, 0.05) is 38.9 Å². The lowest BCUT2D eigenvalue weighted by atomic mass is 9.62. The average Bonchev–Trinajstić information content (AvgIpc) is 2.50. The molecule has 128 valence electrons. The van der Waals surface area contributed by atoms with Crippen LogP contribution in [0.15, 0.2) is 24.4 Å². The van der Waals surface area contributed by atoms with Crippen LogP contribution in [0.4, 0.5) is 0 Å². The fourth-order valence-corrected chi connectivity index (χ4v) is 3.94. The Kier molecular flexibility index (Phi) is 3.89. The van der Waals surface area contributed by atoms with Crippen LogP contribution in [0.5, 0.6) is 0 Å². The molecule has 0 aliphatic carbocycles. The first-order valence-corrected chi connectivity index (χ1v) is 7.63. The second-order valence-corrected chi connectivity index (χ2v) is 6.74. The van der Waals surface area contributed by atoms with Gasteiger partial charge in [-0.3, -0.25) is 24.3 Å². The molecule has 8 heteroatoms. The number of aliphatic carboxylic acids is 2. The molecule has 0 aromatic carbocycles. The van der Waals surface area contributed by atoms with Crippen molar-refractivity contribution in [2.45, 2.75) is 6.54 Å². The van der Waals surface area contributed by atoms with Crippen LogP contribution in [-0.2, 0) is 20.9 Å². The minimum Gasteiger partial charge on any atom is -0.480 e. The molecular formula is C16H19N3O5. The summed E-state index contributed by atoms with van der Waals surface area (Å²) in [5.74, 6) is -3.23. The van der Waals surface area contributed by atoms with Crippen LogP contribution in [0.2, 0.25) is 0 Å². The molecule has 0 saturated carbocycles. The van der Waals surface area contributed by atoms with Crippen LogP contribution in [0.3, 0.4) is 0 Å². The predicted octanol–water partition coefficient (Wildman–Crippen LogP) is -0.446. The van der Waals surface area contributed by atoms with Gasteiger partial charge >= 0.3 is 11.9 Å². The molecule has 1 aromatic heterocycles. The molecule has 2 N–H and O–H groups in total. The molecule has 2 aliphatic rings. The number of pyridine rings is 1. The van der Waals surface area contributed by atoms with Gasteiger partial charge in [-0.1, -0.05) is 6.07 Å². The third-order valence-electron chi connectivity index (χ3n) is 4.87. The zero-order valence-corrected chi connectivity index (χ0v) is 13.3. The van der Waals surface area contributed by atoms with E-state index in [0.717, 1.165) is 0 Å². The minimum absolute atomic E-state index is 0.00884. The number of carboxylic acids is 2. The van der Waals surface area contributed by atoms with E-state index in [1.165, 1.54) is 0 Å². The maximum atomic E-state index is 12.8. The van der Waals surface area contributed by atoms with E-state index in [1.54, 1.807) is 35.2 Å². The van der Waals surface area contributed by atoms with Crippen molar-refractivity contribution in [2.24, 2.45) is 10.8 Å². The van der Waals surface area contributed by atoms with Crippen LogP contribution in [0.1, 0.15) is 5.69 Å². The van der Waals surface area contributed by atoms with Gasteiger partial charge < -0.3 is 15.1 Å². The van der Waals surface area contributed by atoms with Crippen molar-refractivity contribution < 1.29 is 24.6 Å². The summed E-state index contributed by atoms with van der Waals surface area (Å²) in [5, 5.41) is 19.5. The first kappa shape index (κ1) is 16.5. The van der Waals surface area contributed by atoms with Gasteiger partial charge in [0.2, 0.25) is 0 Å². The lowest BCUT2D eigenvalue weighted by Gasteiger charge is -2.52. The number of piperidine rings is 2. The van der Waals surface area contributed by atoms with Crippen molar-refractivity contribution in [3.8, 4) is 0 Å². The third-order valence-corrected chi connectivity index (χ3v) is 4.87.